The van der Waals surface area contributed by atoms with E-state index in [1.54, 1.807) is 0 Å². The molecule has 0 saturated carbocycles. The van der Waals surface area contributed by atoms with Gasteiger partial charge in [0, 0.05) is 6.54 Å². The SMILES string of the molecule is NS(=O)(=O)c1cnc(NCCO)s1. The number of rotatable bonds is 4. The predicted octanol–water partition coefficient (Wildman–Crippen LogP) is -0.805. The summed E-state index contributed by atoms with van der Waals surface area (Å²) >= 11 is 0.933. The van der Waals surface area contributed by atoms with Crippen molar-refractivity contribution in [3.63, 3.8) is 0 Å². The van der Waals surface area contributed by atoms with Crippen LogP contribution in [-0.4, -0.2) is 31.7 Å². The van der Waals surface area contributed by atoms with E-state index < -0.39 is 10.0 Å². The van der Waals surface area contributed by atoms with Crippen molar-refractivity contribution in [1.29, 1.82) is 0 Å². The van der Waals surface area contributed by atoms with Gasteiger partial charge in [-0.15, -0.1) is 0 Å². The highest BCUT2D eigenvalue weighted by molar-refractivity contribution is 7.91. The molecule has 0 amide bonds. The third-order valence-corrected chi connectivity index (χ3v) is 3.52. The molecule has 6 nitrogen and oxygen atoms in total. The zero-order valence-corrected chi connectivity index (χ0v) is 8.23. The first-order chi connectivity index (χ1) is 6.04. The van der Waals surface area contributed by atoms with Crippen LogP contribution < -0.4 is 10.5 Å². The molecule has 8 heteroatoms. The number of anilines is 1. The highest BCUT2D eigenvalue weighted by Crippen LogP contribution is 2.20. The molecule has 1 heterocycles. The van der Waals surface area contributed by atoms with Crippen LogP contribution in [0.3, 0.4) is 0 Å². The van der Waals surface area contributed by atoms with Gasteiger partial charge in [0.15, 0.2) is 9.34 Å². The van der Waals surface area contributed by atoms with Crippen molar-refractivity contribution in [3.05, 3.63) is 6.20 Å². The van der Waals surface area contributed by atoms with E-state index in [4.69, 9.17) is 10.2 Å². The van der Waals surface area contributed by atoms with Gasteiger partial charge in [-0.25, -0.2) is 18.5 Å². The Balaban J connectivity index is 2.76. The number of aliphatic hydroxyl groups excluding tert-OH is 1. The summed E-state index contributed by atoms with van der Waals surface area (Å²) in [6.45, 7) is 0.294. The van der Waals surface area contributed by atoms with E-state index in [1.807, 2.05) is 0 Å². The first-order valence-corrected chi connectivity index (χ1v) is 5.73. The Morgan fingerprint density at radius 3 is 2.85 bits per heavy atom. The van der Waals surface area contributed by atoms with Crippen molar-refractivity contribution in [2.24, 2.45) is 5.14 Å². The molecule has 0 saturated heterocycles. The number of nitrogens with zero attached hydrogens (tertiary/aromatic N) is 1. The minimum Gasteiger partial charge on any atom is -0.395 e. The fraction of sp³-hybridized carbons (Fsp3) is 0.400. The van der Waals surface area contributed by atoms with Gasteiger partial charge in [-0.3, -0.25) is 0 Å². The standard InChI is InChI=1S/C5H9N3O3S2/c6-13(10,11)4-3-8-5(12-4)7-1-2-9/h3,9H,1-2H2,(H,7,8)(H2,6,10,11). The lowest BCUT2D eigenvalue weighted by molar-refractivity contribution is 0.311. The molecule has 1 aromatic heterocycles. The van der Waals surface area contributed by atoms with Crippen LogP contribution in [0.4, 0.5) is 5.13 Å². The molecular formula is C5H9N3O3S2. The Labute approximate surface area is 79.5 Å². The van der Waals surface area contributed by atoms with Gasteiger partial charge in [-0.05, 0) is 0 Å². The normalized spacial score (nSPS) is 11.5. The maximum atomic E-state index is 10.8. The van der Waals surface area contributed by atoms with Crippen molar-refractivity contribution in [3.8, 4) is 0 Å². The zero-order valence-electron chi connectivity index (χ0n) is 6.60. The second-order valence-corrected chi connectivity index (χ2v) is 5.00. The van der Waals surface area contributed by atoms with Crippen LogP contribution in [0, 0.1) is 0 Å². The number of hydrogen-bond acceptors (Lipinski definition) is 6. The molecule has 0 radical (unpaired) electrons. The van der Waals surface area contributed by atoms with Gasteiger partial charge in [0.25, 0.3) is 0 Å². The van der Waals surface area contributed by atoms with Gasteiger partial charge in [0.2, 0.25) is 10.0 Å². The minimum atomic E-state index is -3.65. The minimum absolute atomic E-state index is 0.00735. The van der Waals surface area contributed by atoms with Gasteiger partial charge >= 0.3 is 0 Å². The van der Waals surface area contributed by atoms with Crippen LogP contribution in [0.5, 0.6) is 0 Å². The Morgan fingerprint density at radius 1 is 1.69 bits per heavy atom. The molecule has 4 N–H and O–H groups in total. The second-order valence-electron chi connectivity index (χ2n) is 2.18. The van der Waals surface area contributed by atoms with E-state index in [0.717, 1.165) is 11.3 Å². The lowest BCUT2D eigenvalue weighted by atomic mass is 10.7. The van der Waals surface area contributed by atoms with Crippen LogP contribution in [0.15, 0.2) is 10.4 Å². The second kappa shape index (κ2) is 4.01. The zero-order chi connectivity index (χ0) is 9.90. The maximum absolute atomic E-state index is 10.8. The maximum Gasteiger partial charge on any atom is 0.249 e. The lowest BCUT2D eigenvalue weighted by Crippen LogP contribution is -2.10. The quantitative estimate of drug-likeness (QED) is 0.619. The Kier molecular flexibility index (Phi) is 3.20. The van der Waals surface area contributed by atoms with Crippen molar-refractivity contribution >= 4 is 26.5 Å². The summed E-state index contributed by atoms with van der Waals surface area (Å²) in [6, 6.07) is 0. The number of aromatic nitrogens is 1. The first-order valence-electron chi connectivity index (χ1n) is 3.37. The first kappa shape index (κ1) is 10.4. The fourth-order valence-electron chi connectivity index (χ4n) is 0.635. The van der Waals surface area contributed by atoms with Crippen molar-refractivity contribution in [2.75, 3.05) is 18.5 Å². The summed E-state index contributed by atoms with van der Waals surface area (Å²) in [6.07, 6.45) is 1.18. The molecule has 0 aromatic carbocycles. The Hall–Kier alpha value is -0.700. The molecule has 0 unspecified atom stereocenters. The van der Waals surface area contributed by atoms with Crippen LogP contribution in [0.2, 0.25) is 0 Å². The fourth-order valence-corrected chi connectivity index (χ4v) is 2.11. The topological polar surface area (TPSA) is 105 Å². The monoisotopic (exact) mass is 223 g/mol. The van der Waals surface area contributed by atoms with E-state index in [9.17, 15) is 8.42 Å². The number of primary sulfonamides is 1. The van der Waals surface area contributed by atoms with Crippen LogP contribution in [0.25, 0.3) is 0 Å². The van der Waals surface area contributed by atoms with Gasteiger partial charge in [0.05, 0.1) is 12.8 Å². The van der Waals surface area contributed by atoms with Crippen molar-refractivity contribution < 1.29 is 13.5 Å². The van der Waals surface area contributed by atoms with E-state index >= 15 is 0 Å². The molecule has 0 atom stereocenters. The summed E-state index contributed by atoms with van der Waals surface area (Å²) in [5, 5.41) is 16.5. The Morgan fingerprint density at radius 2 is 2.38 bits per heavy atom. The molecule has 0 fully saturated rings. The number of thiazole rings is 1. The van der Waals surface area contributed by atoms with Gasteiger partial charge < -0.3 is 10.4 Å². The molecule has 74 valence electrons. The lowest BCUT2D eigenvalue weighted by Gasteiger charge is -1.95. The summed E-state index contributed by atoms with van der Waals surface area (Å²) in [7, 11) is -3.65. The molecule has 0 spiro atoms. The van der Waals surface area contributed by atoms with Gasteiger partial charge in [0.1, 0.15) is 0 Å². The van der Waals surface area contributed by atoms with Gasteiger partial charge in [-0.2, -0.15) is 0 Å². The summed E-state index contributed by atoms with van der Waals surface area (Å²) < 4.78 is 21.6. The number of nitrogens with two attached hydrogens (primary N) is 1. The van der Waals surface area contributed by atoms with E-state index in [-0.39, 0.29) is 10.8 Å². The molecule has 0 aliphatic rings. The molecular weight excluding hydrogens is 214 g/mol. The number of hydrogen-bond donors (Lipinski definition) is 3. The van der Waals surface area contributed by atoms with E-state index in [1.165, 1.54) is 6.20 Å². The summed E-state index contributed by atoms with van der Waals surface area (Å²) in [4.78, 5) is 3.76. The molecule has 0 bridgehead atoms. The average Bonchev–Trinajstić information content (AvgIpc) is 2.47. The van der Waals surface area contributed by atoms with Crippen molar-refractivity contribution in [2.45, 2.75) is 4.21 Å². The number of nitrogens with one attached hydrogen (secondary N) is 1. The van der Waals surface area contributed by atoms with Crippen LogP contribution >= 0.6 is 11.3 Å². The molecule has 1 rings (SSSR count). The highest BCUT2D eigenvalue weighted by atomic mass is 32.2. The smallest absolute Gasteiger partial charge is 0.249 e. The van der Waals surface area contributed by atoms with Crippen LogP contribution in [-0.2, 0) is 10.0 Å². The Bertz CT molecular complexity index is 372. The van der Waals surface area contributed by atoms with E-state index in [2.05, 4.69) is 10.3 Å². The predicted molar refractivity (Wildman–Crippen MR) is 49.1 cm³/mol. The number of sulfonamides is 1. The number of aliphatic hydroxyl groups is 1. The third kappa shape index (κ3) is 2.92. The van der Waals surface area contributed by atoms with E-state index in [0.29, 0.717) is 11.7 Å². The average molecular weight is 223 g/mol. The van der Waals surface area contributed by atoms with Crippen LogP contribution in [0.1, 0.15) is 0 Å². The highest BCUT2D eigenvalue weighted by Gasteiger charge is 2.11. The molecule has 13 heavy (non-hydrogen) atoms. The molecule has 0 aliphatic carbocycles. The van der Waals surface area contributed by atoms with Gasteiger partial charge in [-0.1, -0.05) is 11.3 Å². The third-order valence-electron chi connectivity index (χ3n) is 1.15. The summed E-state index contributed by atoms with van der Waals surface area (Å²) in [5.41, 5.74) is 0. The largest absolute Gasteiger partial charge is 0.395 e. The summed E-state index contributed by atoms with van der Waals surface area (Å²) in [5.74, 6) is 0. The van der Waals surface area contributed by atoms with Crippen molar-refractivity contribution in [1.82, 2.24) is 4.98 Å². The molecule has 0 aliphatic heterocycles. The molecule has 1 aromatic rings.